The fourth-order valence-corrected chi connectivity index (χ4v) is 1.67. The van der Waals surface area contributed by atoms with E-state index in [2.05, 4.69) is 11.7 Å². The average Bonchev–Trinajstić information content (AvgIpc) is 2.50. The first-order chi connectivity index (χ1) is 10.4. The number of phenolic OH excluding ortho intramolecular Hbond substituents is 4. The Morgan fingerprint density at radius 1 is 0.864 bits per heavy atom. The second-order valence-corrected chi connectivity index (χ2v) is 4.60. The van der Waals surface area contributed by atoms with Gasteiger partial charge in [-0.3, -0.25) is 0 Å². The Morgan fingerprint density at radius 3 is 1.91 bits per heavy atom. The van der Waals surface area contributed by atoms with Gasteiger partial charge in [0.2, 0.25) is 0 Å². The van der Waals surface area contributed by atoms with Crippen molar-refractivity contribution in [1.82, 2.24) is 0 Å². The number of hydrogen-bond acceptors (Lipinski definition) is 6. The molecule has 0 fully saturated rings. The molecular weight excluding hydrogens is 286 g/mol. The van der Waals surface area contributed by atoms with Gasteiger partial charge in [-0.1, -0.05) is 11.7 Å². The van der Waals surface area contributed by atoms with Gasteiger partial charge >= 0.3 is 0 Å². The van der Waals surface area contributed by atoms with Crippen LogP contribution in [0.25, 0.3) is 5.76 Å². The van der Waals surface area contributed by atoms with Crippen molar-refractivity contribution in [2.24, 2.45) is 5.16 Å². The molecule has 0 bridgehead atoms. The summed E-state index contributed by atoms with van der Waals surface area (Å²) in [4.78, 5) is 5.17. The molecule has 6 heteroatoms. The van der Waals surface area contributed by atoms with Crippen molar-refractivity contribution in [3.05, 3.63) is 54.1 Å². The molecule has 2 aromatic carbocycles. The second kappa shape index (κ2) is 6.09. The van der Waals surface area contributed by atoms with Gasteiger partial charge in [0.05, 0.1) is 5.71 Å². The van der Waals surface area contributed by atoms with Crippen molar-refractivity contribution in [1.29, 1.82) is 0 Å². The molecule has 0 aromatic heterocycles. The summed E-state index contributed by atoms with van der Waals surface area (Å²) in [6.45, 7) is 5.34. The second-order valence-electron chi connectivity index (χ2n) is 4.60. The predicted molar refractivity (Wildman–Crippen MR) is 81.9 cm³/mol. The Labute approximate surface area is 126 Å². The Bertz CT molecular complexity index is 752. The molecule has 0 saturated heterocycles. The molecule has 114 valence electrons. The smallest absolute Gasteiger partial charge is 0.158 e. The van der Waals surface area contributed by atoms with Crippen LogP contribution in [0, 0.1) is 0 Å². The molecule has 0 radical (unpaired) electrons. The molecule has 0 saturated carbocycles. The van der Waals surface area contributed by atoms with E-state index < -0.39 is 0 Å². The molecule has 2 aromatic rings. The lowest BCUT2D eigenvalue weighted by Crippen LogP contribution is -1.96. The fourth-order valence-electron chi connectivity index (χ4n) is 1.67. The zero-order valence-corrected chi connectivity index (χ0v) is 11.8. The molecule has 6 nitrogen and oxygen atoms in total. The summed E-state index contributed by atoms with van der Waals surface area (Å²) in [6.07, 6.45) is 0. The van der Waals surface area contributed by atoms with E-state index in [0.717, 1.165) is 0 Å². The maximum absolute atomic E-state index is 9.45. The monoisotopic (exact) mass is 301 g/mol. The zero-order chi connectivity index (χ0) is 16.3. The third-order valence-electron chi connectivity index (χ3n) is 2.98. The quantitative estimate of drug-likeness (QED) is 0.301. The molecule has 0 aliphatic carbocycles. The number of aromatic hydroxyl groups is 4. The standard InChI is InChI=1S/C16H15NO5/c1-9(11-3-5-13(18)15(20)7-11)17-22-10(2)12-4-6-14(19)16(21)8-12/h3-8,18-21H,2H2,1H3/b17-9+. The Kier molecular flexibility index (Phi) is 4.22. The van der Waals surface area contributed by atoms with E-state index in [1.54, 1.807) is 13.0 Å². The van der Waals surface area contributed by atoms with E-state index in [-0.39, 0.29) is 28.8 Å². The molecule has 0 unspecified atom stereocenters. The largest absolute Gasteiger partial charge is 0.504 e. The molecule has 0 spiro atoms. The van der Waals surface area contributed by atoms with Crippen LogP contribution in [0.1, 0.15) is 18.1 Å². The SMILES string of the molecule is C=C(O/N=C(\C)c1ccc(O)c(O)c1)c1ccc(O)c(O)c1. The first-order valence-corrected chi connectivity index (χ1v) is 6.33. The highest BCUT2D eigenvalue weighted by atomic mass is 16.6. The van der Waals surface area contributed by atoms with Crippen molar-refractivity contribution in [2.75, 3.05) is 0 Å². The van der Waals surface area contributed by atoms with Crippen LogP contribution in [0.5, 0.6) is 23.0 Å². The molecule has 0 amide bonds. The molecule has 2 rings (SSSR count). The zero-order valence-electron chi connectivity index (χ0n) is 11.8. The molecule has 0 heterocycles. The first kappa shape index (κ1) is 15.2. The molecule has 0 aliphatic rings. The lowest BCUT2D eigenvalue weighted by Gasteiger charge is -2.07. The highest BCUT2D eigenvalue weighted by Gasteiger charge is 2.07. The van der Waals surface area contributed by atoms with Gasteiger partial charge in [0.15, 0.2) is 28.8 Å². The van der Waals surface area contributed by atoms with Crippen LogP contribution in [0.15, 0.2) is 48.1 Å². The van der Waals surface area contributed by atoms with Crippen molar-refractivity contribution in [3.63, 3.8) is 0 Å². The number of nitrogens with zero attached hydrogens (tertiary/aromatic N) is 1. The van der Waals surface area contributed by atoms with Gasteiger partial charge in [-0.05, 0) is 43.3 Å². The van der Waals surface area contributed by atoms with E-state index >= 15 is 0 Å². The van der Waals surface area contributed by atoms with E-state index in [4.69, 9.17) is 4.84 Å². The normalized spacial score (nSPS) is 11.2. The van der Waals surface area contributed by atoms with Crippen molar-refractivity contribution in [3.8, 4) is 23.0 Å². The van der Waals surface area contributed by atoms with Gasteiger partial charge < -0.3 is 25.3 Å². The number of benzene rings is 2. The first-order valence-electron chi connectivity index (χ1n) is 6.33. The third kappa shape index (κ3) is 3.29. The van der Waals surface area contributed by atoms with E-state index in [0.29, 0.717) is 16.8 Å². The van der Waals surface area contributed by atoms with Gasteiger partial charge in [0.25, 0.3) is 0 Å². The van der Waals surface area contributed by atoms with Gasteiger partial charge in [-0.2, -0.15) is 0 Å². The molecule has 22 heavy (non-hydrogen) atoms. The van der Waals surface area contributed by atoms with E-state index in [9.17, 15) is 20.4 Å². The average molecular weight is 301 g/mol. The van der Waals surface area contributed by atoms with Crippen LogP contribution in [0.4, 0.5) is 0 Å². The summed E-state index contributed by atoms with van der Waals surface area (Å²) in [5.41, 5.74) is 1.48. The molecule has 0 aliphatic heterocycles. The van der Waals surface area contributed by atoms with Crippen LogP contribution in [0.2, 0.25) is 0 Å². The lowest BCUT2D eigenvalue weighted by atomic mass is 10.1. The predicted octanol–water partition coefficient (Wildman–Crippen LogP) is 2.92. The summed E-state index contributed by atoms with van der Waals surface area (Å²) >= 11 is 0. The minimum atomic E-state index is -0.286. The van der Waals surface area contributed by atoms with Crippen molar-refractivity contribution in [2.45, 2.75) is 6.92 Å². The summed E-state index contributed by atoms with van der Waals surface area (Å²) in [5.74, 6) is -0.823. The van der Waals surface area contributed by atoms with Crippen LogP contribution in [-0.4, -0.2) is 26.1 Å². The highest BCUT2D eigenvalue weighted by Crippen LogP contribution is 2.28. The molecule has 0 atom stereocenters. The summed E-state index contributed by atoms with van der Waals surface area (Å²) in [7, 11) is 0. The number of phenols is 4. The number of rotatable bonds is 4. The molecule has 4 N–H and O–H groups in total. The van der Waals surface area contributed by atoms with E-state index in [1.165, 1.54) is 30.3 Å². The van der Waals surface area contributed by atoms with Gasteiger partial charge in [0.1, 0.15) is 0 Å². The van der Waals surface area contributed by atoms with Gasteiger partial charge in [-0.15, -0.1) is 0 Å². The van der Waals surface area contributed by atoms with Gasteiger partial charge in [-0.25, -0.2) is 0 Å². The Morgan fingerprint density at radius 2 is 1.36 bits per heavy atom. The van der Waals surface area contributed by atoms with Crippen molar-refractivity contribution < 1.29 is 25.3 Å². The summed E-state index contributed by atoms with van der Waals surface area (Å²) in [6, 6.07) is 8.41. The minimum absolute atomic E-state index is 0.178. The topological polar surface area (TPSA) is 103 Å². The maximum atomic E-state index is 9.45. The van der Waals surface area contributed by atoms with Crippen molar-refractivity contribution >= 4 is 11.5 Å². The van der Waals surface area contributed by atoms with Crippen LogP contribution >= 0.6 is 0 Å². The maximum Gasteiger partial charge on any atom is 0.158 e. The van der Waals surface area contributed by atoms with Gasteiger partial charge in [0, 0.05) is 11.1 Å². The number of oxime groups is 1. The van der Waals surface area contributed by atoms with Crippen LogP contribution in [0.3, 0.4) is 0 Å². The lowest BCUT2D eigenvalue weighted by molar-refractivity contribution is 0.298. The molecular formula is C16H15NO5. The Balaban J connectivity index is 2.14. The highest BCUT2D eigenvalue weighted by molar-refractivity contribution is 5.99. The summed E-state index contributed by atoms with van der Waals surface area (Å²) in [5, 5.41) is 41.3. The Hall–Kier alpha value is -3.15. The number of hydrogen-bond donors (Lipinski definition) is 4. The minimum Gasteiger partial charge on any atom is -0.504 e. The summed E-state index contributed by atoms with van der Waals surface area (Å²) < 4.78 is 0. The third-order valence-corrected chi connectivity index (χ3v) is 2.98. The van der Waals surface area contributed by atoms with Crippen LogP contribution < -0.4 is 0 Å². The fraction of sp³-hybridized carbons (Fsp3) is 0.0625. The van der Waals surface area contributed by atoms with E-state index in [1.807, 2.05) is 0 Å². The van der Waals surface area contributed by atoms with Crippen LogP contribution in [-0.2, 0) is 4.84 Å².